The van der Waals surface area contributed by atoms with Gasteiger partial charge in [0.1, 0.15) is 0 Å². The van der Waals surface area contributed by atoms with E-state index in [2.05, 4.69) is 17.0 Å². The first-order chi connectivity index (χ1) is 9.25. The highest BCUT2D eigenvalue weighted by molar-refractivity contribution is 5.32. The fraction of sp³-hybridized carbons (Fsp3) is 0.562. The summed E-state index contributed by atoms with van der Waals surface area (Å²) in [5.74, 6) is 0.799. The maximum absolute atomic E-state index is 9.82. The molecule has 0 aromatic heterocycles. The summed E-state index contributed by atoms with van der Waals surface area (Å²) in [5.41, 5.74) is 1.90. The molecular weight excluding hydrogens is 236 g/mol. The average molecular weight is 256 g/mol. The number of nitriles is 1. The van der Waals surface area contributed by atoms with E-state index in [1.54, 1.807) is 0 Å². The first-order valence-electron chi connectivity index (χ1n) is 7.11. The van der Waals surface area contributed by atoms with Crippen molar-refractivity contribution < 1.29 is 5.11 Å². The lowest BCUT2D eigenvalue weighted by Crippen LogP contribution is -2.59. The molecule has 1 N–H and O–H groups in total. The Morgan fingerprint density at radius 1 is 1.37 bits per heavy atom. The van der Waals surface area contributed by atoms with Gasteiger partial charge in [0.25, 0.3) is 0 Å². The Hall–Kier alpha value is -1.37. The van der Waals surface area contributed by atoms with Crippen molar-refractivity contribution in [1.82, 2.24) is 4.90 Å². The van der Waals surface area contributed by atoms with Gasteiger partial charge < -0.3 is 5.11 Å². The zero-order valence-corrected chi connectivity index (χ0v) is 11.2. The van der Waals surface area contributed by atoms with Crippen LogP contribution in [-0.4, -0.2) is 28.7 Å². The van der Waals surface area contributed by atoms with Crippen molar-refractivity contribution in [3.05, 3.63) is 35.4 Å². The second-order valence-corrected chi connectivity index (χ2v) is 6.02. The maximum atomic E-state index is 9.82. The monoisotopic (exact) mass is 256 g/mol. The number of aliphatic hydroxyl groups excluding tert-OH is 1. The van der Waals surface area contributed by atoms with Crippen LogP contribution in [0.3, 0.4) is 0 Å². The number of benzene rings is 1. The molecule has 19 heavy (non-hydrogen) atoms. The van der Waals surface area contributed by atoms with Crippen molar-refractivity contribution in [2.75, 3.05) is 13.2 Å². The normalized spacial score (nSPS) is 30.2. The Morgan fingerprint density at radius 3 is 2.84 bits per heavy atom. The molecule has 0 amide bonds. The van der Waals surface area contributed by atoms with Crippen molar-refractivity contribution in [2.24, 2.45) is 5.92 Å². The van der Waals surface area contributed by atoms with E-state index in [0.29, 0.717) is 0 Å². The summed E-state index contributed by atoms with van der Waals surface area (Å²) >= 11 is 0. The van der Waals surface area contributed by atoms with E-state index >= 15 is 0 Å². The zero-order valence-electron chi connectivity index (χ0n) is 11.2. The van der Waals surface area contributed by atoms with Crippen LogP contribution in [0.2, 0.25) is 0 Å². The largest absolute Gasteiger partial charge is 0.394 e. The molecule has 2 bridgehead atoms. The molecule has 0 unspecified atom stereocenters. The maximum Gasteiger partial charge on any atom is 0.0991 e. The molecule has 1 aromatic rings. The van der Waals surface area contributed by atoms with Gasteiger partial charge in [-0.25, -0.2) is 0 Å². The second-order valence-electron chi connectivity index (χ2n) is 6.02. The van der Waals surface area contributed by atoms with Crippen LogP contribution < -0.4 is 0 Å². The quantitative estimate of drug-likeness (QED) is 0.902. The van der Waals surface area contributed by atoms with Gasteiger partial charge in [-0.2, -0.15) is 5.26 Å². The first kappa shape index (κ1) is 12.7. The van der Waals surface area contributed by atoms with Gasteiger partial charge in [-0.1, -0.05) is 12.1 Å². The first-order valence-corrected chi connectivity index (χ1v) is 7.11. The summed E-state index contributed by atoms with van der Waals surface area (Å²) in [7, 11) is 0. The Labute approximate surface area is 114 Å². The fourth-order valence-electron chi connectivity index (χ4n) is 3.67. The molecule has 100 valence electrons. The molecular formula is C16H20N2O. The number of piperidine rings is 2. The fourth-order valence-corrected chi connectivity index (χ4v) is 3.67. The van der Waals surface area contributed by atoms with Gasteiger partial charge in [-0.15, -0.1) is 0 Å². The van der Waals surface area contributed by atoms with Crippen LogP contribution in [-0.2, 0) is 6.54 Å². The summed E-state index contributed by atoms with van der Waals surface area (Å²) < 4.78 is 0. The summed E-state index contributed by atoms with van der Waals surface area (Å²) in [5, 5.41) is 18.8. The molecule has 4 rings (SSSR count). The third-order valence-electron chi connectivity index (χ3n) is 4.91. The summed E-state index contributed by atoms with van der Waals surface area (Å²) in [6, 6.07) is 10.0. The van der Waals surface area contributed by atoms with Gasteiger partial charge in [0, 0.05) is 18.6 Å². The van der Waals surface area contributed by atoms with E-state index in [0.717, 1.165) is 37.4 Å². The molecule has 2 heterocycles. The molecule has 3 aliphatic rings. The summed E-state index contributed by atoms with van der Waals surface area (Å²) in [4.78, 5) is 2.45. The number of nitrogens with zero attached hydrogens (tertiary/aromatic N) is 2. The topological polar surface area (TPSA) is 47.3 Å². The van der Waals surface area contributed by atoms with Crippen molar-refractivity contribution in [1.29, 1.82) is 5.26 Å². The minimum Gasteiger partial charge on any atom is -0.394 e. The molecule has 0 radical (unpaired) electrons. The number of hydrogen-bond acceptors (Lipinski definition) is 3. The molecule has 2 aliphatic heterocycles. The van der Waals surface area contributed by atoms with E-state index in [1.165, 1.54) is 18.4 Å². The zero-order chi connectivity index (χ0) is 13.3. The van der Waals surface area contributed by atoms with Gasteiger partial charge in [0.15, 0.2) is 0 Å². The summed E-state index contributed by atoms with van der Waals surface area (Å²) in [6.07, 6.45) is 4.75. The molecule has 2 saturated heterocycles. The second kappa shape index (κ2) is 4.96. The van der Waals surface area contributed by atoms with Crippen LogP contribution in [0.5, 0.6) is 0 Å². The third-order valence-corrected chi connectivity index (χ3v) is 4.91. The molecule has 1 saturated carbocycles. The number of fused-ring (bicyclic) bond motifs is 3. The van der Waals surface area contributed by atoms with Crippen LogP contribution in [0, 0.1) is 17.2 Å². The Morgan fingerprint density at radius 2 is 2.16 bits per heavy atom. The number of aliphatic hydroxyl groups is 1. The van der Waals surface area contributed by atoms with E-state index in [4.69, 9.17) is 5.26 Å². The Kier molecular flexibility index (Phi) is 3.30. The predicted molar refractivity (Wildman–Crippen MR) is 73.3 cm³/mol. The molecule has 3 nitrogen and oxygen atoms in total. The van der Waals surface area contributed by atoms with Gasteiger partial charge in [-0.3, -0.25) is 4.90 Å². The smallest absolute Gasteiger partial charge is 0.0991 e. The highest BCUT2D eigenvalue weighted by atomic mass is 16.3. The van der Waals surface area contributed by atoms with Crippen LogP contribution >= 0.6 is 0 Å². The molecule has 3 heteroatoms. The molecule has 3 fully saturated rings. The molecule has 1 aliphatic carbocycles. The van der Waals surface area contributed by atoms with E-state index in [1.807, 2.05) is 18.2 Å². The van der Waals surface area contributed by atoms with Crippen LogP contribution in [0.15, 0.2) is 24.3 Å². The van der Waals surface area contributed by atoms with Crippen molar-refractivity contribution >= 4 is 0 Å². The van der Waals surface area contributed by atoms with Gasteiger partial charge in [0.05, 0.1) is 18.2 Å². The Balaban J connectivity index is 1.80. The van der Waals surface area contributed by atoms with Crippen LogP contribution in [0.4, 0.5) is 0 Å². The molecule has 0 spiro atoms. The minimum atomic E-state index is -0.00258. The van der Waals surface area contributed by atoms with Gasteiger partial charge >= 0.3 is 0 Å². The van der Waals surface area contributed by atoms with Gasteiger partial charge in [-0.05, 0) is 49.3 Å². The Bertz CT molecular complexity index is 498. The van der Waals surface area contributed by atoms with Crippen molar-refractivity contribution in [2.45, 2.75) is 37.8 Å². The standard InChI is InChI=1S/C16H20N2O/c17-9-14-2-1-3-15(8-14)11-18-10-13-4-6-16(18,12-19)7-5-13/h1-3,8,13,19H,4-7,10-12H2. The van der Waals surface area contributed by atoms with E-state index < -0.39 is 0 Å². The highest BCUT2D eigenvalue weighted by Crippen LogP contribution is 2.43. The third kappa shape index (κ3) is 2.27. The predicted octanol–water partition coefficient (Wildman–Crippen LogP) is 2.30. The minimum absolute atomic E-state index is 0.00258. The van der Waals surface area contributed by atoms with E-state index in [-0.39, 0.29) is 12.1 Å². The molecule has 1 aromatic carbocycles. The van der Waals surface area contributed by atoms with Crippen molar-refractivity contribution in [3.8, 4) is 6.07 Å². The number of hydrogen-bond donors (Lipinski definition) is 1. The SMILES string of the molecule is N#Cc1cccc(CN2CC3CCC2(CO)CC3)c1. The lowest BCUT2D eigenvalue weighted by Gasteiger charge is -2.54. The van der Waals surface area contributed by atoms with E-state index in [9.17, 15) is 5.11 Å². The lowest BCUT2D eigenvalue weighted by atomic mass is 9.70. The van der Waals surface area contributed by atoms with Crippen LogP contribution in [0.1, 0.15) is 36.8 Å². The molecule has 0 atom stereocenters. The van der Waals surface area contributed by atoms with Crippen molar-refractivity contribution in [3.63, 3.8) is 0 Å². The summed E-state index contributed by atoms with van der Waals surface area (Å²) in [6.45, 7) is 2.21. The number of rotatable bonds is 3. The van der Waals surface area contributed by atoms with Crippen LogP contribution in [0.25, 0.3) is 0 Å². The van der Waals surface area contributed by atoms with Gasteiger partial charge in [0.2, 0.25) is 0 Å². The highest BCUT2D eigenvalue weighted by Gasteiger charge is 2.45. The lowest BCUT2D eigenvalue weighted by molar-refractivity contribution is -0.0708. The average Bonchev–Trinajstić information content (AvgIpc) is 2.49.